The summed E-state index contributed by atoms with van der Waals surface area (Å²) in [6.45, 7) is 0.867. The number of carbonyl (C=O) groups is 1. The highest BCUT2D eigenvalue weighted by atomic mass is 19.2. The number of ether oxygens (including phenoxy) is 1. The van der Waals surface area contributed by atoms with Crippen LogP contribution in [0.25, 0.3) is 0 Å². The number of hydrogen-bond acceptors (Lipinski definition) is 3. The van der Waals surface area contributed by atoms with E-state index in [-0.39, 0.29) is 17.7 Å². The standard InChI is InChI=1S/C13H14F2N2O2/c14-11-8(4-5-16-12(11)15)13(18)17-6-7-19-10-3-1-2-9(10)17/h4-5,9-10H,1-3,6-7H2. The molecule has 0 N–H and O–H groups in total. The molecule has 1 aromatic heterocycles. The van der Waals surface area contributed by atoms with Crippen LogP contribution >= 0.6 is 0 Å². The van der Waals surface area contributed by atoms with Gasteiger partial charge in [-0.15, -0.1) is 0 Å². The average molecular weight is 268 g/mol. The summed E-state index contributed by atoms with van der Waals surface area (Å²) in [5, 5.41) is 0. The second kappa shape index (κ2) is 4.85. The Morgan fingerprint density at radius 2 is 2.26 bits per heavy atom. The predicted octanol–water partition coefficient (Wildman–Crippen LogP) is 1.75. The largest absolute Gasteiger partial charge is 0.374 e. The number of aromatic nitrogens is 1. The maximum absolute atomic E-state index is 13.6. The van der Waals surface area contributed by atoms with E-state index in [0.717, 1.165) is 25.5 Å². The highest BCUT2D eigenvalue weighted by Crippen LogP contribution is 2.30. The summed E-state index contributed by atoms with van der Waals surface area (Å²) >= 11 is 0. The van der Waals surface area contributed by atoms with Gasteiger partial charge in [-0.25, -0.2) is 9.37 Å². The van der Waals surface area contributed by atoms with Crippen LogP contribution < -0.4 is 0 Å². The number of halogens is 2. The van der Waals surface area contributed by atoms with Crippen molar-refractivity contribution in [3.8, 4) is 0 Å². The Morgan fingerprint density at radius 1 is 1.42 bits per heavy atom. The SMILES string of the molecule is O=C(c1ccnc(F)c1F)N1CCOC2CCCC21. The molecule has 1 amide bonds. The van der Waals surface area contributed by atoms with Crippen LogP contribution in [0, 0.1) is 11.8 Å². The highest BCUT2D eigenvalue weighted by Gasteiger charge is 2.39. The van der Waals surface area contributed by atoms with Gasteiger partial charge in [0, 0.05) is 12.7 Å². The van der Waals surface area contributed by atoms with Gasteiger partial charge in [0.2, 0.25) is 5.95 Å². The molecule has 2 atom stereocenters. The number of hydrogen-bond donors (Lipinski definition) is 0. The summed E-state index contributed by atoms with van der Waals surface area (Å²) in [7, 11) is 0. The lowest BCUT2D eigenvalue weighted by Gasteiger charge is -2.37. The van der Waals surface area contributed by atoms with E-state index >= 15 is 0 Å². The molecule has 2 unspecified atom stereocenters. The van der Waals surface area contributed by atoms with Crippen LogP contribution in [0.4, 0.5) is 8.78 Å². The van der Waals surface area contributed by atoms with Gasteiger partial charge in [0.25, 0.3) is 5.91 Å². The normalized spacial score (nSPS) is 26.3. The van der Waals surface area contributed by atoms with Crippen molar-refractivity contribution in [2.45, 2.75) is 31.4 Å². The van der Waals surface area contributed by atoms with Crippen molar-refractivity contribution in [1.29, 1.82) is 0 Å². The Bertz CT molecular complexity index is 509. The zero-order chi connectivity index (χ0) is 13.4. The molecular formula is C13H14F2N2O2. The first-order valence-electron chi connectivity index (χ1n) is 6.41. The lowest BCUT2D eigenvalue weighted by Crippen LogP contribution is -2.51. The van der Waals surface area contributed by atoms with Crippen molar-refractivity contribution in [3.05, 3.63) is 29.6 Å². The Morgan fingerprint density at radius 3 is 3.11 bits per heavy atom. The molecule has 1 saturated carbocycles. The monoisotopic (exact) mass is 268 g/mol. The van der Waals surface area contributed by atoms with E-state index in [9.17, 15) is 13.6 Å². The molecule has 102 valence electrons. The Labute approximate surface area is 109 Å². The van der Waals surface area contributed by atoms with E-state index in [4.69, 9.17) is 4.74 Å². The van der Waals surface area contributed by atoms with Crippen molar-refractivity contribution in [2.24, 2.45) is 0 Å². The van der Waals surface area contributed by atoms with Crippen molar-refractivity contribution in [2.75, 3.05) is 13.2 Å². The number of amides is 1. The third kappa shape index (κ3) is 2.10. The smallest absolute Gasteiger partial charge is 0.257 e. The molecule has 3 rings (SSSR count). The van der Waals surface area contributed by atoms with Crippen LogP contribution in [0.3, 0.4) is 0 Å². The van der Waals surface area contributed by atoms with E-state index in [1.54, 1.807) is 4.90 Å². The number of fused-ring (bicyclic) bond motifs is 1. The predicted molar refractivity (Wildman–Crippen MR) is 62.6 cm³/mol. The molecule has 2 fully saturated rings. The Kier molecular flexibility index (Phi) is 3.18. The van der Waals surface area contributed by atoms with Crippen LogP contribution in [0.15, 0.2) is 12.3 Å². The molecule has 4 nitrogen and oxygen atoms in total. The molecule has 1 saturated heterocycles. The molecule has 0 bridgehead atoms. The first kappa shape index (κ1) is 12.5. The zero-order valence-corrected chi connectivity index (χ0v) is 10.3. The third-order valence-electron chi connectivity index (χ3n) is 3.82. The molecule has 6 heteroatoms. The number of pyridine rings is 1. The molecule has 1 aliphatic carbocycles. The molecule has 2 heterocycles. The fourth-order valence-corrected chi connectivity index (χ4v) is 2.92. The van der Waals surface area contributed by atoms with Crippen molar-refractivity contribution < 1.29 is 18.3 Å². The van der Waals surface area contributed by atoms with Gasteiger partial charge >= 0.3 is 0 Å². The first-order chi connectivity index (χ1) is 9.18. The van der Waals surface area contributed by atoms with Gasteiger partial charge in [-0.1, -0.05) is 0 Å². The Balaban J connectivity index is 1.88. The van der Waals surface area contributed by atoms with Gasteiger partial charge < -0.3 is 9.64 Å². The van der Waals surface area contributed by atoms with Gasteiger partial charge in [-0.2, -0.15) is 4.39 Å². The maximum atomic E-state index is 13.6. The number of morpholine rings is 1. The van der Waals surface area contributed by atoms with Gasteiger partial charge in [0.15, 0.2) is 5.82 Å². The quantitative estimate of drug-likeness (QED) is 0.729. The van der Waals surface area contributed by atoms with Crippen molar-refractivity contribution in [3.63, 3.8) is 0 Å². The summed E-state index contributed by atoms with van der Waals surface area (Å²) < 4.78 is 32.3. The second-order valence-electron chi connectivity index (χ2n) is 4.87. The molecule has 1 aliphatic heterocycles. The topological polar surface area (TPSA) is 42.4 Å². The molecule has 19 heavy (non-hydrogen) atoms. The molecule has 1 aromatic rings. The number of nitrogens with zero attached hydrogens (tertiary/aromatic N) is 2. The average Bonchev–Trinajstić information content (AvgIpc) is 2.89. The van der Waals surface area contributed by atoms with Crippen molar-refractivity contribution >= 4 is 5.91 Å². The fraction of sp³-hybridized carbons (Fsp3) is 0.538. The minimum absolute atomic E-state index is 0.0168. The first-order valence-corrected chi connectivity index (χ1v) is 6.41. The zero-order valence-electron chi connectivity index (χ0n) is 10.3. The summed E-state index contributed by atoms with van der Waals surface area (Å²) in [4.78, 5) is 17.2. The van der Waals surface area contributed by atoms with E-state index in [2.05, 4.69) is 4.98 Å². The molecule has 0 radical (unpaired) electrons. The van der Waals surface area contributed by atoms with Gasteiger partial charge in [0.1, 0.15) is 0 Å². The minimum Gasteiger partial charge on any atom is -0.374 e. The van der Waals surface area contributed by atoms with Gasteiger partial charge in [-0.3, -0.25) is 4.79 Å². The summed E-state index contributed by atoms with van der Waals surface area (Å²) in [5.74, 6) is -2.88. The van der Waals surface area contributed by atoms with E-state index in [1.165, 1.54) is 6.07 Å². The lowest BCUT2D eigenvalue weighted by atomic mass is 10.1. The van der Waals surface area contributed by atoms with Crippen LogP contribution in [0.1, 0.15) is 29.6 Å². The lowest BCUT2D eigenvalue weighted by molar-refractivity contribution is -0.0447. The van der Waals surface area contributed by atoms with Crippen LogP contribution in [-0.4, -0.2) is 41.1 Å². The van der Waals surface area contributed by atoms with Crippen LogP contribution in [0.5, 0.6) is 0 Å². The summed E-state index contributed by atoms with van der Waals surface area (Å²) in [6.07, 6.45) is 3.91. The summed E-state index contributed by atoms with van der Waals surface area (Å²) in [6, 6.07) is 1.21. The van der Waals surface area contributed by atoms with Gasteiger partial charge in [0.05, 0.1) is 24.3 Å². The van der Waals surface area contributed by atoms with Gasteiger partial charge in [-0.05, 0) is 25.3 Å². The molecule has 0 aromatic carbocycles. The summed E-state index contributed by atoms with van der Waals surface area (Å²) in [5.41, 5.74) is -0.250. The molecule has 2 aliphatic rings. The van der Waals surface area contributed by atoms with Crippen molar-refractivity contribution in [1.82, 2.24) is 9.88 Å². The molecular weight excluding hydrogens is 254 g/mol. The van der Waals surface area contributed by atoms with E-state index < -0.39 is 17.7 Å². The maximum Gasteiger partial charge on any atom is 0.257 e. The van der Waals surface area contributed by atoms with Crippen LogP contribution in [-0.2, 0) is 4.74 Å². The Hall–Kier alpha value is -1.56. The second-order valence-corrected chi connectivity index (χ2v) is 4.87. The highest BCUT2D eigenvalue weighted by molar-refractivity contribution is 5.94. The third-order valence-corrected chi connectivity index (χ3v) is 3.82. The van der Waals surface area contributed by atoms with Crippen LogP contribution in [0.2, 0.25) is 0 Å². The minimum atomic E-state index is -1.23. The van der Waals surface area contributed by atoms with E-state index in [1.807, 2.05) is 0 Å². The fourth-order valence-electron chi connectivity index (χ4n) is 2.92. The molecule has 0 spiro atoms. The number of carbonyl (C=O) groups excluding carboxylic acids is 1. The number of rotatable bonds is 1. The van der Waals surface area contributed by atoms with E-state index in [0.29, 0.717) is 13.2 Å².